The topological polar surface area (TPSA) is 63.6 Å². The van der Waals surface area contributed by atoms with E-state index in [0.29, 0.717) is 5.75 Å². The van der Waals surface area contributed by atoms with E-state index >= 15 is 0 Å². The predicted octanol–water partition coefficient (Wildman–Crippen LogP) is 2.87. The number of ether oxygens (including phenoxy) is 1. The monoisotopic (exact) mass is 372 g/mol. The van der Waals surface area contributed by atoms with Gasteiger partial charge in [-0.15, -0.1) is 0 Å². The summed E-state index contributed by atoms with van der Waals surface area (Å²) in [6.45, 7) is 1.27. The lowest BCUT2D eigenvalue weighted by molar-refractivity contribution is 0.308. The van der Waals surface area contributed by atoms with Crippen molar-refractivity contribution in [3.63, 3.8) is 0 Å². The van der Waals surface area contributed by atoms with Crippen molar-refractivity contribution < 1.29 is 17.7 Å². The highest BCUT2D eigenvalue weighted by molar-refractivity contribution is 9.11. The lowest BCUT2D eigenvalue weighted by atomic mass is 10.3. The smallest absolute Gasteiger partial charge is 0.270 e. The van der Waals surface area contributed by atoms with Gasteiger partial charge in [0.25, 0.3) is 10.1 Å². The van der Waals surface area contributed by atoms with Gasteiger partial charge < -0.3 is 4.74 Å². The van der Waals surface area contributed by atoms with Crippen LogP contribution in [0.2, 0.25) is 0 Å². The van der Waals surface area contributed by atoms with Crippen molar-refractivity contribution in [3.05, 3.63) is 27.1 Å². The average Bonchev–Trinajstić information content (AvgIpc) is 2.17. The Kier molecular flexibility index (Phi) is 4.78. The predicted molar refractivity (Wildman–Crippen MR) is 68.3 cm³/mol. The normalized spacial score (nSPS) is 13.5. The molecule has 0 heterocycles. The third-order valence-electron chi connectivity index (χ3n) is 1.88. The van der Waals surface area contributed by atoms with Crippen LogP contribution in [-0.4, -0.2) is 24.8 Å². The van der Waals surface area contributed by atoms with Gasteiger partial charge in [-0.05, 0) is 41.1 Å². The summed E-state index contributed by atoms with van der Waals surface area (Å²) in [6, 6.07) is 5.31. The zero-order valence-electron chi connectivity index (χ0n) is 8.35. The Balaban J connectivity index is 2.72. The highest BCUT2D eigenvalue weighted by Crippen LogP contribution is 2.28. The van der Waals surface area contributed by atoms with Crippen molar-refractivity contribution >= 4 is 42.0 Å². The molecule has 0 amide bonds. The van der Waals surface area contributed by atoms with Crippen molar-refractivity contribution in [1.29, 1.82) is 0 Å². The molecule has 1 atom stereocenters. The van der Waals surface area contributed by atoms with Crippen LogP contribution in [0.1, 0.15) is 6.92 Å². The van der Waals surface area contributed by atoms with Gasteiger partial charge in [0.15, 0.2) is 0 Å². The number of hydrogen-bond donors (Lipinski definition) is 1. The van der Waals surface area contributed by atoms with Gasteiger partial charge >= 0.3 is 0 Å². The molecular weight excluding hydrogens is 364 g/mol. The summed E-state index contributed by atoms with van der Waals surface area (Å²) >= 11 is 6.55. The van der Waals surface area contributed by atoms with Gasteiger partial charge in [0.2, 0.25) is 0 Å². The van der Waals surface area contributed by atoms with Crippen LogP contribution in [0.5, 0.6) is 5.75 Å². The van der Waals surface area contributed by atoms with Crippen LogP contribution in [0, 0.1) is 0 Å². The number of rotatable bonds is 4. The summed E-state index contributed by atoms with van der Waals surface area (Å²) in [7, 11) is -4.05. The molecule has 0 spiro atoms. The van der Waals surface area contributed by atoms with E-state index in [0.717, 1.165) is 8.95 Å². The van der Waals surface area contributed by atoms with Gasteiger partial charge in [0, 0.05) is 4.47 Å². The standard InChI is InChI=1S/C9H10Br2O4S/c1-6(16(12,13)14)5-15-9-4-7(10)2-3-8(9)11/h2-4,6H,5H2,1H3,(H,12,13,14). The second-order valence-electron chi connectivity index (χ2n) is 3.21. The fraction of sp³-hybridized carbons (Fsp3) is 0.333. The quantitative estimate of drug-likeness (QED) is 0.824. The molecule has 0 saturated carbocycles. The number of hydrogen-bond acceptors (Lipinski definition) is 3. The second kappa shape index (κ2) is 5.48. The zero-order valence-corrected chi connectivity index (χ0v) is 12.3. The van der Waals surface area contributed by atoms with Gasteiger partial charge in [-0.2, -0.15) is 8.42 Å². The minimum atomic E-state index is -4.05. The minimum Gasteiger partial charge on any atom is -0.491 e. The Bertz CT molecular complexity index is 472. The number of halogens is 2. The first-order valence-electron chi connectivity index (χ1n) is 4.35. The summed E-state index contributed by atoms with van der Waals surface area (Å²) < 4.78 is 37.1. The largest absolute Gasteiger partial charge is 0.491 e. The summed E-state index contributed by atoms with van der Waals surface area (Å²) in [5.41, 5.74) is 0. The van der Waals surface area contributed by atoms with Crippen molar-refractivity contribution in [3.8, 4) is 5.75 Å². The van der Waals surface area contributed by atoms with Crippen LogP contribution in [0.15, 0.2) is 27.1 Å². The molecule has 4 nitrogen and oxygen atoms in total. The summed E-state index contributed by atoms with van der Waals surface area (Å²) in [6.07, 6.45) is 0. The Morgan fingerprint density at radius 3 is 2.62 bits per heavy atom. The Labute approximate surface area is 111 Å². The molecule has 1 aromatic rings. The van der Waals surface area contributed by atoms with Crippen LogP contribution in [0.3, 0.4) is 0 Å². The molecule has 0 aliphatic heterocycles. The molecule has 0 aromatic heterocycles. The highest BCUT2D eigenvalue weighted by Gasteiger charge is 2.18. The van der Waals surface area contributed by atoms with Crippen molar-refractivity contribution in [2.75, 3.05) is 6.61 Å². The van der Waals surface area contributed by atoms with Gasteiger partial charge in [-0.1, -0.05) is 15.9 Å². The average molecular weight is 374 g/mol. The van der Waals surface area contributed by atoms with Crippen LogP contribution >= 0.6 is 31.9 Å². The molecule has 1 aromatic carbocycles. The lowest BCUT2D eigenvalue weighted by Crippen LogP contribution is -2.24. The zero-order chi connectivity index (χ0) is 12.3. The van der Waals surface area contributed by atoms with Crippen molar-refractivity contribution in [2.24, 2.45) is 0 Å². The van der Waals surface area contributed by atoms with E-state index in [1.807, 2.05) is 6.07 Å². The first-order chi connectivity index (χ1) is 7.30. The Morgan fingerprint density at radius 1 is 1.44 bits per heavy atom. The fourth-order valence-corrected chi connectivity index (χ4v) is 1.82. The molecule has 0 aliphatic rings. The summed E-state index contributed by atoms with van der Waals surface area (Å²) in [5.74, 6) is 0.518. The van der Waals surface area contributed by atoms with Crippen LogP contribution in [-0.2, 0) is 10.1 Å². The van der Waals surface area contributed by atoms with Gasteiger partial charge in [0.1, 0.15) is 17.6 Å². The molecule has 1 unspecified atom stereocenters. The fourth-order valence-electron chi connectivity index (χ4n) is 0.881. The molecule has 1 rings (SSSR count). The van der Waals surface area contributed by atoms with E-state index in [2.05, 4.69) is 31.9 Å². The van der Waals surface area contributed by atoms with Crippen LogP contribution < -0.4 is 4.74 Å². The summed E-state index contributed by atoms with van der Waals surface area (Å²) in [4.78, 5) is 0. The second-order valence-corrected chi connectivity index (χ2v) is 6.82. The maximum atomic E-state index is 10.8. The third-order valence-corrected chi connectivity index (χ3v) is 4.18. The van der Waals surface area contributed by atoms with Crippen LogP contribution in [0.25, 0.3) is 0 Å². The molecule has 0 aliphatic carbocycles. The van der Waals surface area contributed by atoms with Crippen molar-refractivity contribution in [1.82, 2.24) is 0 Å². The molecule has 0 bridgehead atoms. The third kappa shape index (κ3) is 4.04. The van der Waals surface area contributed by atoms with E-state index < -0.39 is 15.4 Å². The molecule has 1 N–H and O–H groups in total. The van der Waals surface area contributed by atoms with Gasteiger partial charge in [-0.3, -0.25) is 4.55 Å². The van der Waals surface area contributed by atoms with Gasteiger partial charge in [0.05, 0.1) is 4.47 Å². The first kappa shape index (κ1) is 14.0. The molecule has 16 heavy (non-hydrogen) atoms. The highest BCUT2D eigenvalue weighted by atomic mass is 79.9. The molecule has 90 valence electrons. The molecule has 0 fully saturated rings. The number of benzene rings is 1. The minimum absolute atomic E-state index is 0.103. The maximum Gasteiger partial charge on any atom is 0.270 e. The maximum absolute atomic E-state index is 10.8. The van der Waals surface area contributed by atoms with Crippen molar-refractivity contribution in [2.45, 2.75) is 12.2 Å². The Hall–Kier alpha value is -0.110. The van der Waals surface area contributed by atoms with Gasteiger partial charge in [-0.25, -0.2) is 0 Å². The lowest BCUT2D eigenvalue weighted by Gasteiger charge is -2.11. The Morgan fingerprint density at radius 2 is 2.06 bits per heavy atom. The SMILES string of the molecule is CC(COc1cc(Br)ccc1Br)S(=O)(=O)O. The van der Waals surface area contributed by atoms with Crippen LogP contribution in [0.4, 0.5) is 0 Å². The molecule has 0 saturated heterocycles. The van der Waals surface area contributed by atoms with E-state index in [9.17, 15) is 8.42 Å². The first-order valence-corrected chi connectivity index (χ1v) is 7.44. The van der Waals surface area contributed by atoms with E-state index in [1.165, 1.54) is 6.92 Å². The van der Waals surface area contributed by atoms with E-state index in [-0.39, 0.29) is 6.61 Å². The summed E-state index contributed by atoms with van der Waals surface area (Å²) in [5, 5.41) is -0.960. The molecular formula is C9H10Br2O4S. The van der Waals surface area contributed by atoms with E-state index in [1.54, 1.807) is 12.1 Å². The molecule has 0 radical (unpaired) electrons. The van der Waals surface area contributed by atoms with E-state index in [4.69, 9.17) is 9.29 Å². The molecule has 7 heteroatoms.